The number of nitrogens with zero attached hydrogens (tertiary/aromatic N) is 4. The average molecular weight is 338 g/mol. The van der Waals surface area contributed by atoms with Crippen molar-refractivity contribution in [2.24, 2.45) is 16.8 Å². The summed E-state index contributed by atoms with van der Waals surface area (Å²) in [7, 11) is 0. The molecule has 2 heterocycles. The van der Waals surface area contributed by atoms with Crippen LogP contribution in [0.1, 0.15) is 40.5 Å². The van der Waals surface area contributed by atoms with Crippen LogP contribution in [0.3, 0.4) is 0 Å². The molecule has 2 aliphatic heterocycles. The van der Waals surface area contributed by atoms with Gasteiger partial charge in [0.2, 0.25) is 0 Å². The van der Waals surface area contributed by atoms with E-state index in [4.69, 9.17) is 4.99 Å². The Morgan fingerprint density at radius 3 is 2.46 bits per heavy atom. The summed E-state index contributed by atoms with van der Waals surface area (Å²) in [6.07, 6.45) is 2.65. The molecule has 140 valence electrons. The van der Waals surface area contributed by atoms with Crippen molar-refractivity contribution in [2.45, 2.75) is 40.5 Å². The molecular formula is C19H39N5. The van der Waals surface area contributed by atoms with Gasteiger partial charge in [-0.25, -0.2) is 0 Å². The third-order valence-electron chi connectivity index (χ3n) is 5.33. The Hall–Kier alpha value is -0.810. The summed E-state index contributed by atoms with van der Waals surface area (Å²) >= 11 is 0. The zero-order chi connectivity index (χ0) is 17.4. The zero-order valence-corrected chi connectivity index (χ0v) is 16.4. The van der Waals surface area contributed by atoms with Crippen molar-refractivity contribution in [3.8, 4) is 0 Å². The molecule has 2 unspecified atom stereocenters. The van der Waals surface area contributed by atoms with Gasteiger partial charge in [-0.05, 0) is 38.1 Å². The van der Waals surface area contributed by atoms with Gasteiger partial charge in [0, 0.05) is 58.9 Å². The molecule has 2 saturated heterocycles. The van der Waals surface area contributed by atoms with Crippen molar-refractivity contribution in [1.29, 1.82) is 0 Å². The van der Waals surface area contributed by atoms with Gasteiger partial charge >= 0.3 is 0 Å². The van der Waals surface area contributed by atoms with Crippen molar-refractivity contribution in [3.05, 3.63) is 0 Å². The van der Waals surface area contributed by atoms with E-state index in [0.717, 1.165) is 38.1 Å². The van der Waals surface area contributed by atoms with Crippen LogP contribution in [0.4, 0.5) is 0 Å². The van der Waals surface area contributed by atoms with Crippen LogP contribution in [-0.2, 0) is 0 Å². The van der Waals surface area contributed by atoms with Crippen molar-refractivity contribution in [2.75, 3.05) is 65.4 Å². The predicted molar refractivity (Wildman–Crippen MR) is 104 cm³/mol. The van der Waals surface area contributed by atoms with E-state index in [2.05, 4.69) is 47.7 Å². The van der Waals surface area contributed by atoms with Crippen LogP contribution in [0.2, 0.25) is 0 Å². The molecule has 24 heavy (non-hydrogen) atoms. The number of likely N-dealkylation sites (N-methyl/N-ethyl adjacent to an activating group) is 1. The van der Waals surface area contributed by atoms with Crippen LogP contribution in [0.25, 0.3) is 0 Å². The molecule has 5 nitrogen and oxygen atoms in total. The number of hydrogen-bond acceptors (Lipinski definition) is 3. The molecule has 0 saturated carbocycles. The first-order valence-electron chi connectivity index (χ1n) is 10.1. The van der Waals surface area contributed by atoms with E-state index in [1.807, 2.05) is 0 Å². The van der Waals surface area contributed by atoms with Gasteiger partial charge < -0.3 is 20.0 Å². The summed E-state index contributed by atoms with van der Waals surface area (Å²) in [5.41, 5.74) is 0. The second-order valence-electron chi connectivity index (χ2n) is 7.73. The van der Waals surface area contributed by atoms with Crippen LogP contribution in [0.15, 0.2) is 4.99 Å². The van der Waals surface area contributed by atoms with Gasteiger partial charge in [-0.1, -0.05) is 20.8 Å². The van der Waals surface area contributed by atoms with Crippen molar-refractivity contribution in [3.63, 3.8) is 0 Å². The van der Waals surface area contributed by atoms with E-state index in [1.165, 1.54) is 52.1 Å². The van der Waals surface area contributed by atoms with E-state index in [1.54, 1.807) is 0 Å². The highest BCUT2D eigenvalue weighted by atomic mass is 15.3. The molecule has 0 spiro atoms. The lowest BCUT2D eigenvalue weighted by atomic mass is 10.0. The fourth-order valence-corrected chi connectivity index (χ4v) is 3.84. The summed E-state index contributed by atoms with van der Waals surface area (Å²) < 4.78 is 0. The van der Waals surface area contributed by atoms with Crippen LogP contribution >= 0.6 is 0 Å². The van der Waals surface area contributed by atoms with Crippen LogP contribution in [-0.4, -0.2) is 86.1 Å². The molecule has 0 radical (unpaired) electrons. The molecule has 2 fully saturated rings. The molecule has 0 aliphatic carbocycles. The second-order valence-corrected chi connectivity index (χ2v) is 7.73. The summed E-state index contributed by atoms with van der Waals surface area (Å²) in [4.78, 5) is 12.6. The van der Waals surface area contributed by atoms with E-state index in [9.17, 15) is 0 Å². The molecule has 0 aromatic heterocycles. The van der Waals surface area contributed by atoms with Crippen molar-refractivity contribution < 1.29 is 0 Å². The third kappa shape index (κ3) is 6.25. The first-order valence-corrected chi connectivity index (χ1v) is 10.1. The highest BCUT2D eigenvalue weighted by Crippen LogP contribution is 2.15. The lowest BCUT2D eigenvalue weighted by Crippen LogP contribution is -2.48. The minimum absolute atomic E-state index is 0.619. The Morgan fingerprint density at radius 1 is 1.12 bits per heavy atom. The maximum Gasteiger partial charge on any atom is 0.193 e. The smallest absolute Gasteiger partial charge is 0.193 e. The molecule has 5 heteroatoms. The lowest BCUT2D eigenvalue weighted by molar-refractivity contribution is 0.125. The molecule has 1 N–H and O–H groups in total. The van der Waals surface area contributed by atoms with Gasteiger partial charge in [0.1, 0.15) is 0 Å². The molecule has 0 aromatic carbocycles. The van der Waals surface area contributed by atoms with Gasteiger partial charge in [0.05, 0.1) is 0 Å². The van der Waals surface area contributed by atoms with Crippen LogP contribution in [0, 0.1) is 11.8 Å². The van der Waals surface area contributed by atoms with Gasteiger partial charge in [0.25, 0.3) is 0 Å². The minimum Gasteiger partial charge on any atom is -0.357 e. The van der Waals surface area contributed by atoms with Gasteiger partial charge in [0.15, 0.2) is 5.96 Å². The quantitative estimate of drug-likeness (QED) is 0.593. The maximum absolute atomic E-state index is 4.96. The summed E-state index contributed by atoms with van der Waals surface area (Å²) in [5, 5.41) is 3.50. The highest BCUT2D eigenvalue weighted by molar-refractivity contribution is 5.80. The van der Waals surface area contributed by atoms with E-state index in [-0.39, 0.29) is 0 Å². The zero-order valence-electron chi connectivity index (χ0n) is 16.4. The molecule has 2 rings (SSSR count). The standard InChI is InChI=1S/C19H39N5/c1-5-20-19(24-9-7-8-17(3)16-24)21-14-18(4)15-23-12-10-22(6-2)11-13-23/h17-18H,5-16H2,1-4H3,(H,20,21). The maximum atomic E-state index is 4.96. The Labute approximate surface area is 149 Å². The molecule has 0 bridgehead atoms. The number of nitrogens with one attached hydrogen (secondary N) is 1. The van der Waals surface area contributed by atoms with E-state index in [0.29, 0.717) is 5.92 Å². The number of piperazine rings is 1. The van der Waals surface area contributed by atoms with E-state index < -0.39 is 0 Å². The largest absolute Gasteiger partial charge is 0.357 e. The topological polar surface area (TPSA) is 34.1 Å². The first-order chi connectivity index (χ1) is 11.6. The summed E-state index contributed by atoms with van der Waals surface area (Å²) in [6, 6.07) is 0. The Bertz CT molecular complexity index is 376. The van der Waals surface area contributed by atoms with Crippen LogP contribution in [0.5, 0.6) is 0 Å². The Morgan fingerprint density at radius 2 is 1.83 bits per heavy atom. The first kappa shape index (κ1) is 19.5. The molecule has 0 amide bonds. The molecule has 2 aliphatic rings. The summed E-state index contributed by atoms with van der Waals surface area (Å²) in [5.74, 6) is 2.54. The van der Waals surface area contributed by atoms with Crippen molar-refractivity contribution >= 4 is 5.96 Å². The number of rotatable bonds is 6. The normalized spacial score (nSPS) is 25.8. The minimum atomic E-state index is 0.619. The number of piperidine rings is 1. The van der Waals surface area contributed by atoms with E-state index >= 15 is 0 Å². The van der Waals surface area contributed by atoms with Gasteiger partial charge in [-0.15, -0.1) is 0 Å². The SMILES string of the molecule is CCNC(=NCC(C)CN1CCN(CC)CC1)N1CCCC(C)C1. The number of hydrogen-bond donors (Lipinski definition) is 1. The number of guanidine groups is 1. The predicted octanol–water partition coefficient (Wildman–Crippen LogP) is 1.96. The number of aliphatic imine (C=N–C) groups is 1. The Balaban J connectivity index is 1.79. The van der Waals surface area contributed by atoms with Crippen molar-refractivity contribution in [1.82, 2.24) is 20.0 Å². The van der Waals surface area contributed by atoms with Gasteiger partial charge in [-0.3, -0.25) is 4.99 Å². The number of likely N-dealkylation sites (tertiary alicyclic amines) is 1. The van der Waals surface area contributed by atoms with Gasteiger partial charge in [-0.2, -0.15) is 0 Å². The second kappa shape index (κ2) is 10.2. The highest BCUT2D eigenvalue weighted by Gasteiger charge is 2.20. The Kier molecular flexibility index (Phi) is 8.33. The molecule has 0 aromatic rings. The fourth-order valence-electron chi connectivity index (χ4n) is 3.84. The fraction of sp³-hybridized carbons (Fsp3) is 0.947. The van der Waals surface area contributed by atoms with Crippen LogP contribution < -0.4 is 5.32 Å². The monoisotopic (exact) mass is 337 g/mol. The average Bonchev–Trinajstić information content (AvgIpc) is 2.59. The lowest BCUT2D eigenvalue weighted by Gasteiger charge is -2.35. The molecular weight excluding hydrogens is 298 g/mol. The summed E-state index contributed by atoms with van der Waals surface area (Å²) in [6.45, 7) is 20.6. The third-order valence-corrected chi connectivity index (χ3v) is 5.33. The molecule has 2 atom stereocenters.